The Morgan fingerprint density at radius 3 is 2.44 bits per heavy atom. The summed E-state index contributed by atoms with van der Waals surface area (Å²) in [5.41, 5.74) is 1.67. The fourth-order valence-electron chi connectivity index (χ4n) is 4.11. The van der Waals surface area contributed by atoms with Gasteiger partial charge < -0.3 is 0 Å². The molecule has 1 aliphatic carbocycles. The van der Waals surface area contributed by atoms with Gasteiger partial charge in [0, 0.05) is 0 Å². The highest BCUT2D eigenvalue weighted by atomic mass is 14.3. The van der Waals surface area contributed by atoms with Crippen molar-refractivity contribution in [3.63, 3.8) is 0 Å². The molecule has 18 heavy (non-hydrogen) atoms. The van der Waals surface area contributed by atoms with Crippen molar-refractivity contribution in [1.82, 2.24) is 0 Å². The Labute approximate surface area is 115 Å². The molecule has 1 fully saturated rings. The summed E-state index contributed by atoms with van der Waals surface area (Å²) in [4.78, 5) is 0. The maximum Gasteiger partial charge on any atom is 0.152 e. The summed E-state index contributed by atoms with van der Waals surface area (Å²) in [5, 5.41) is 0. The van der Waals surface area contributed by atoms with Crippen molar-refractivity contribution >= 4 is 6.71 Å². The number of allylic oxidation sites excluding steroid dienone is 2. The Morgan fingerprint density at radius 1 is 1.17 bits per heavy atom. The molecule has 0 bridgehead atoms. The molecule has 1 aliphatic heterocycles. The van der Waals surface area contributed by atoms with Gasteiger partial charge in [-0.1, -0.05) is 77.2 Å². The molecule has 0 saturated heterocycles. The second kappa shape index (κ2) is 6.30. The van der Waals surface area contributed by atoms with Crippen molar-refractivity contribution in [2.75, 3.05) is 0 Å². The standard InChI is InChI=1S/C17H31B/c1-13(2)15(4)12-18-11-14(3)10-17(18)16-8-6-5-7-9-16/h10,13,15-17H,5-9,11-12H2,1-4H3. The summed E-state index contributed by atoms with van der Waals surface area (Å²) in [7, 11) is 0. The lowest BCUT2D eigenvalue weighted by Gasteiger charge is -2.31. The first-order valence-electron chi connectivity index (χ1n) is 8.25. The molecule has 2 unspecified atom stereocenters. The molecule has 2 aliphatic rings. The Balaban J connectivity index is 1.96. The molecule has 1 saturated carbocycles. The van der Waals surface area contributed by atoms with Gasteiger partial charge in [0.2, 0.25) is 0 Å². The fraction of sp³-hybridized carbons (Fsp3) is 0.882. The van der Waals surface area contributed by atoms with E-state index < -0.39 is 0 Å². The molecule has 0 aromatic rings. The van der Waals surface area contributed by atoms with Gasteiger partial charge in [-0.15, -0.1) is 0 Å². The molecule has 2 rings (SSSR count). The Kier molecular flexibility index (Phi) is 4.98. The molecule has 0 aromatic heterocycles. The topological polar surface area (TPSA) is 0 Å². The van der Waals surface area contributed by atoms with Gasteiger partial charge >= 0.3 is 0 Å². The molecule has 0 aromatic carbocycles. The van der Waals surface area contributed by atoms with Crippen LogP contribution in [0.1, 0.15) is 59.8 Å². The van der Waals surface area contributed by atoms with Gasteiger partial charge in [0.15, 0.2) is 6.71 Å². The van der Waals surface area contributed by atoms with Crippen LogP contribution in [0.15, 0.2) is 11.6 Å². The molecule has 1 heterocycles. The van der Waals surface area contributed by atoms with Gasteiger partial charge in [0.25, 0.3) is 0 Å². The highest BCUT2D eigenvalue weighted by Gasteiger charge is 2.36. The SMILES string of the molecule is CC1=CC(C2CCCCC2)B(CC(C)C(C)C)C1. The monoisotopic (exact) mass is 246 g/mol. The number of hydrogen-bond donors (Lipinski definition) is 0. The van der Waals surface area contributed by atoms with Crippen LogP contribution < -0.4 is 0 Å². The second-order valence-corrected chi connectivity index (χ2v) is 7.41. The molecule has 0 N–H and O–H groups in total. The van der Waals surface area contributed by atoms with E-state index in [0.29, 0.717) is 0 Å². The lowest BCUT2D eigenvalue weighted by atomic mass is 9.35. The minimum absolute atomic E-state index is 0.845. The maximum atomic E-state index is 2.65. The van der Waals surface area contributed by atoms with E-state index in [0.717, 1.165) is 30.3 Å². The van der Waals surface area contributed by atoms with Crippen LogP contribution >= 0.6 is 0 Å². The smallest absolute Gasteiger partial charge is 0.0901 e. The first kappa shape index (κ1) is 14.2. The van der Waals surface area contributed by atoms with Crippen molar-refractivity contribution in [1.29, 1.82) is 0 Å². The largest absolute Gasteiger partial charge is 0.152 e. The van der Waals surface area contributed by atoms with Crippen molar-refractivity contribution in [3.05, 3.63) is 11.6 Å². The van der Waals surface area contributed by atoms with Crippen LogP contribution in [0.25, 0.3) is 0 Å². The summed E-state index contributed by atoms with van der Waals surface area (Å²) >= 11 is 0. The van der Waals surface area contributed by atoms with Crippen LogP contribution in [0.4, 0.5) is 0 Å². The quantitative estimate of drug-likeness (QED) is 0.442. The van der Waals surface area contributed by atoms with Crippen LogP contribution in [-0.4, -0.2) is 6.71 Å². The zero-order valence-corrected chi connectivity index (χ0v) is 12.9. The first-order chi connectivity index (χ1) is 8.58. The highest BCUT2D eigenvalue weighted by Crippen LogP contribution is 2.44. The molecule has 0 radical (unpaired) electrons. The molecule has 0 spiro atoms. The molecule has 102 valence electrons. The third kappa shape index (κ3) is 3.42. The third-order valence-corrected chi connectivity index (χ3v) is 5.61. The molecular formula is C17H31B. The number of hydrogen-bond acceptors (Lipinski definition) is 0. The summed E-state index contributed by atoms with van der Waals surface area (Å²) in [6.45, 7) is 10.5. The van der Waals surface area contributed by atoms with Gasteiger partial charge in [0.05, 0.1) is 0 Å². The highest BCUT2D eigenvalue weighted by molar-refractivity contribution is 6.63. The Hall–Kier alpha value is -0.195. The van der Waals surface area contributed by atoms with Crippen LogP contribution in [0.5, 0.6) is 0 Å². The lowest BCUT2D eigenvalue weighted by molar-refractivity contribution is 0.357. The third-order valence-electron chi connectivity index (χ3n) is 5.61. The minimum atomic E-state index is 0.845. The summed E-state index contributed by atoms with van der Waals surface area (Å²) < 4.78 is 0. The van der Waals surface area contributed by atoms with Crippen molar-refractivity contribution in [2.45, 2.75) is 78.3 Å². The van der Waals surface area contributed by atoms with Crippen LogP contribution in [-0.2, 0) is 0 Å². The van der Waals surface area contributed by atoms with Gasteiger partial charge in [-0.3, -0.25) is 0 Å². The molecule has 1 heteroatoms. The van der Waals surface area contributed by atoms with E-state index in [-0.39, 0.29) is 0 Å². The molecule has 0 nitrogen and oxygen atoms in total. The van der Waals surface area contributed by atoms with E-state index in [1.807, 2.05) is 0 Å². The van der Waals surface area contributed by atoms with Gasteiger partial charge in [0.1, 0.15) is 0 Å². The summed E-state index contributed by atoms with van der Waals surface area (Å²) in [5.74, 6) is 3.67. The van der Waals surface area contributed by atoms with E-state index in [2.05, 4.69) is 33.8 Å². The second-order valence-electron chi connectivity index (χ2n) is 7.41. The predicted octanol–water partition coefficient (Wildman–Crippen LogP) is 5.68. The van der Waals surface area contributed by atoms with Crippen molar-refractivity contribution in [2.24, 2.45) is 17.8 Å². The maximum absolute atomic E-state index is 2.65. The predicted molar refractivity (Wildman–Crippen MR) is 83.5 cm³/mol. The van der Waals surface area contributed by atoms with Crippen LogP contribution in [0.2, 0.25) is 18.5 Å². The van der Waals surface area contributed by atoms with E-state index in [1.165, 1.54) is 44.7 Å². The molecular weight excluding hydrogens is 215 g/mol. The zero-order valence-electron chi connectivity index (χ0n) is 12.9. The summed E-state index contributed by atoms with van der Waals surface area (Å²) in [6.07, 6.45) is 12.9. The molecule has 2 atom stereocenters. The minimum Gasteiger partial charge on any atom is -0.0901 e. The van der Waals surface area contributed by atoms with E-state index in [9.17, 15) is 0 Å². The lowest BCUT2D eigenvalue weighted by Crippen LogP contribution is -2.26. The van der Waals surface area contributed by atoms with E-state index >= 15 is 0 Å². The zero-order chi connectivity index (χ0) is 13.1. The van der Waals surface area contributed by atoms with Crippen molar-refractivity contribution in [3.8, 4) is 0 Å². The number of rotatable bonds is 4. The average molecular weight is 246 g/mol. The van der Waals surface area contributed by atoms with E-state index in [1.54, 1.807) is 5.57 Å². The van der Waals surface area contributed by atoms with Gasteiger partial charge in [-0.05, 0) is 30.5 Å². The normalized spacial score (nSPS) is 27.7. The first-order valence-corrected chi connectivity index (χ1v) is 8.25. The molecule has 0 amide bonds. The van der Waals surface area contributed by atoms with Crippen molar-refractivity contribution < 1.29 is 0 Å². The van der Waals surface area contributed by atoms with Crippen LogP contribution in [0.3, 0.4) is 0 Å². The average Bonchev–Trinajstić information content (AvgIpc) is 2.71. The van der Waals surface area contributed by atoms with Gasteiger partial charge in [-0.25, -0.2) is 0 Å². The Bertz CT molecular complexity index is 286. The summed E-state index contributed by atoms with van der Waals surface area (Å²) in [6, 6.07) is 0. The van der Waals surface area contributed by atoms with Gasteiger partial charge in [-0.2, -0.15) is 0 Å². The Morgan fingerprint density at radius 2 is 1.83 bits per heavy atom. The fourth-order valence-corrected chi connectivity index (χ4v) is 4.11. The van der Waals surface area contributed by atoms with E-state index in [4.69, 9.17) is 0 Å². The van der Waals surface area contributed by atoms with Crippen LogP contribution in [0, 0.1) is 17.8 Å².